The Kier molecular flexibility index (Phi) is 5.03. The van der Waals surface area contributed by atoms with E-state index in [-0.39, 0.29) is 5.56 Å². The van der Waals surface area contributed by atoms with Crippen molar-refractivity contribution in [2.45, 2.75) is 13.8 Å². The van der Waals surface area contributed by atoms with Gasteiger partial charge < -0.3 is 24.4 Å². The van der Waals surface area contributed by atoms with Crippen LogP contribution in [0.1, 0.15) is 21.8 Å². The van der Waals surface area contributed by atoms with Crippen LogP contribution in [-0.2, 0) is 0 Å². The molecule has 0 bridgehead atoms. The number of benzene rings is 2. The van der Waals surface area contributed by atoms with Gasteiger partial charge in [-0.2, -0.15) is 0 Å². The lowest BCUT2D eigenvalue weighted by atomic mass is 10.0. The molecule has 0 fully saturated rings. The van der Waals surface area contributed by atoms with Crippen molar-refractivity contribution >= 4 is 17.3 Å². The fraction of sp³-hybridized carbons (Fsp3) is 0.200. The molecular weight excluding hydrogens is 348 g/mol. The maximum Gasteiger partial charge on any atom is 0.337 e. The van der Waals surface area contributed by atoms with Crippen molar-refractivity contribution in [1.82, 2.24) is 5.16 Å². The number of hydrogen-bond donors (Lipinski definition) is 2. The van der Waals surface area contributed by atoms with Crippen LogP contribution in [0.5, 0.6) is 11.5 Å². The van der Waals surface area contributed by atoms with Crippen molar-refractivity contribution in [3.63, 3.8) is 0 Å². The number of carboxylic acids is 1. The monoisotopic (exact) mass is 368 g/mol. The SMILES string of the molecule is COc1cc(-c2c(C)noc2C)cc(OC)c1Nc1ccccc1C(=O)O. The molecular formula is C20H20N2O5. The highest BCUT2D eigenvalue weighted by Gasteiger charge is 2.19. The van der Waals surface area contributed by atoms with E-state index in [0.717, 1.165) is 16.8 Å². The number of rotatable bonds is 6. The first-order chi connectivity index (χ1) is 13.0. The molecule has 0 aliphatic rings. The van der Waals surface area contributed by atoms with E-state index in [0.29, 0.717) is 28.6 Å². The molecule has 0 atom stereocenters. The quantitative estimate of drug-likeness (QED) is 0.665. The second-order valence-electron chi connectivity index (χ2n) is 5.93. The summed E-state index contributed by atoms with van der Waals surface area (Å²) in [6.07, 6.45) is 0. The van der Waals surface area contributed by atoms with Crippen molar-refractivity contribution in [2.75, 3.05) is 19.5 Å². The number of methoxy groups -OCH3 is 2. The van der Waals surface area contributed by atoms with Crippen LogP contribution in [0.25, 0.3) is 11.1 Å². The molecule has 0 amide bonds. The molecule has 0 aliphatic carbocycles. The summed E-state index contributed by atoms with van der Waals surface area (Å²) in [6, 6.07) is 10.3. The zero-order valence-corrected chi connectivity index (χ0v) is 15.5. The first-order valence-electron chi connectivity index (χ1n) is 8.24. The second-order valence-corrected chi connectivity index (χ2v) is 5.93. The van der Waals surface area contributed by atoms with Gasteiger partial charge in [-0.1, -0.05) is 17.3 Å². The van der Waals surface area contributed by atoms with E-state index in [2.05, 4.69) is 10.5 Å². The van der Waals surface area contributed by atoms with Gasteiger partial charge in [-0.05, 0) is 43.7 Å². The highest BCUT2D eigenvalue weighted by atomic mass is 16.5. The Labute approximate surface area is 156 Å². The summed E-state index contributed by atoms with van der Waals surface area (Å²) in [4.78, 5) is 11.5. The molecule has 0 aliphatic heterocycles. The summed E-state index contributed by atoms with van der Waals surface area (Å²) in [5.41, 5.74) is 3.57. The Hall–Kier alpha value is -3.48. The molecule has 0 saturated carbocycles. The van der Waals surface area contributed by atoms with Gasteiger partial charge in [0.1, 0.15) is 22.9 Å². The van der Waals surface area contributed by atoms with Crippen LogP contribution in [0, 0.1) is 13.8 Å². The number of carbonyl (C=O) groups is 1. The Morgan fingerprint density at radius 3 is 2.26 bits per heavy atom. The maximum absolute atomic E-state index is 11.5. The van der Waals surface area contributed by atoms with Gasteiger partial charge in [0.25, 0.3) is 0 Å². The average Bonchev–Trinajstić information content (AvgIpc) is 3.00. The highest BCUT2D eigenvalue weighted by molar-refractivity contribution is 5.96. The molecule has 3 rings (SSSR count). The van der Waals surface area contributed by atoms with Crippen LogP contribution in [0.3, 0.4) is 0 Å². The first kappa shape index (κ1) is 18.3. The Morgan fingerprint density at radius 1 is 1.11 bits per heavy atom. The first-order valence-corrected chi connectivity index (χ1v) is 8.24. The predicted octanol–water partition coefficient (Wildman–Crippen LogP) is 4.42. The van der Waals surface area contributed by atoms with Gasteiger partial charge >= 0.3 is 5.97 Å². The summed E-state index contributed by atoms with van der Waals surface area (Å²) in [7, 11) is 3.08. The normalized spacial score (nSPS) is 10.5. The lowest BCUT2D eigenvalue weighted by Gasteiger charge is -2.18. The Morgan fingerprint density at radius 2 is 1.74 bits per heavy atom. The highest BCUT2D eigenvalue weighted by Crippen LogP contribution is 2.42. The van der Waals surface area contributed by atoms with Gasteiger partial charge in [0.2, 0.25) is 0 Å². The molecule has 2 aromatic carbocycles. The number of nitrogens with zero attached hydrogens (tertiary/aromatic N) is 1. The molecule has 7 heteroatoms. The van der Waals surface area contributed by atoms with Crippen LogP contribution in [-0.4, -0.2) is 30.5 Å². The molecule has 0 spiro atoms. The fourth-order valence-corrected chi connectivity index (χ4v) is 2.99. The zero-order chi connectivity index (χ0) is 19.6. The summed E-state index contributed by atoms with van der Waals surface area (Å²) < 4.78 is 16.3. The van der Waals surface area contributed by atoms with Crippen molar-refractivity contribution in [1.29, 1.82) is 0 Å². The van der Waals surface area contributed by atoms with Gasteiger partial charge in [-0.25, -0.2) is 4.79 Å². The van der Waals surface area contributed by atoms with Crippen molar-refractivity contribution in [2.24, 2.45) is 0 Å². The minimum absolute atomic E-state index is 0.149. The molecule has 0 radical (unpaired) electrons. The standard InChI is InChI=1S/C20H20N2O5/c1-11-18(12(2)27-22-11)13-9-16(25-3)19(17(10-13)26-4)21-15-8-6-5-7-14(15)20(23)24/h5-10,21H,1-4H3,(H,23,24). The van der Waals surface area contributed by atoms with Crippen LogP contribution in [0.4, 0.5) is 11.4 Å². The molecule has 7 nitrogen and oxygen atoms in total. The van der Waals surface area contributed by atoms with E-state index in [1.54, 1.807) is 32.4 Å². The minimum Gasteiger partial charge on any atom is -0.494 e. The molecule has 0 unspecified atom stereocenters. The predicted molar refractivity (Wildman–Crippen MR) is 101 cm³/mol. The minimum atomic E-state index is -1.02. The van der Waals surface area contributed by atoms with Crippen molar-refractivity contribution in [3.8, 4) is 22.6 Å². The number of aryl methyl sites for hydroxylation is 2. The number of ether oxygens (including phenoxy) is 2. The van der Waals surface area contributed by atoms with Crippen molar-refractivity contribution in [3.05, 3.63) is 53.4 Å². The van der Waals surface area contributed by atoms with Crippen LogP contribution in [0.2, 0.25) is 0 Å². The third kappa shape index (κ3) is 3.44. The molecule has 1 aromatic heterocycles. The number of carboxylic acid groups (broad SMARTS) is 1. The third-order valence-corrected chi connectivity index (χ3v) is 4.25. The molecule has 2 N–H and O–H groups in total. The van der Waals surface area contributed by atoms with Crippen LogP contribution in [0.15, 0.2) is 40.9 Å². The van der Waals surface area contributed by atoms with E-state index in [4.69, 9.17) is 14.0 Å². The van der Waals surface area contributed by atoms with E-state index < -0.39 is 5.97 Å². The topological polar surface area (TPSA) is 93.8 Å². The lowest BCUT2D eigenvalue weighted by Crippen LogP contribution is -2.04. The fourth-order valence-electron chi connectivity index (χ4n) is 2.99. The number of anilines is 2. The maximum atomic E-state index is 11.5. The molecule has 27 heavy (non-hydrogen) atoms. The lowest BCUT2D eigenvalue weighted by molar-refractivity contribution is 0.0698. The molecule has 1 heterocycles. The summed E-state index contributed by atoms with van der Waals surface area (Å²) in [5.74, 6) is 0.672. The summed E-state index contributed by atoms with van der Waals surface area (Å²) >= 11 is 0. The van der Waals surface area contributed by atoms with E-state index in [9.17, 15) is 9.90 Å². The smallest absolute Gasteiger partial charge is 0.337 e. The molecule has 140 valence electrons. The Balaban J connectivity index is 2.13. The average molecular weight is 368 g/mol. The number of para-hydroxylation sites is 1. The van der Waals surface area contributed by atoms with E-state index in [1.807, 2.05) is 26.0 Å². The van der Waals surface area contributed by atoms with Crippen LogP contribution >= 0.6 is 0 Å². The van der Waals surface area contributed by atoms with Crippen LogP contribution < -0.4 is 14.8 Å². The Bertz CT molecular complexity index is 949. The van der Waals surface area contributed by atoms with Gasteiger partial charge in [-0.15, -0.1) is 0 Å². The van der Waals surface area contributed by atoms with Gasteiger partial charge in [0.15, 0.2) is 0 Å². The number of aromatic carboxylic acids is 1. The number of hydrogen-bond acceptors (Lipinski definition) is 6. The van der Waals surface area contributed by atoms with Gasteiger partial charge in [-0.3, -0.25) is 0 Å². The summed E-state index contributed by atoms with van der Waals surface area (Å²) in [5, 5.41) is 16.5. The zero-order valence-electron chi connectivity index (χ0n) is 15.5. The molecule has 3 aromatic rings. The second kappa shape index (κ2) is 7.41. The summed E-state index contributed by atoms with van der Waals surface area (Å²) in [6.45, 7) is 3.70. The van der Waals surface area contributed by atoms with E-state index >= 15 is 0 Å². The van der Waals surface area contributed by atoms with Gasteiger partial charge in [0.05, 0.1) is 31.2 Å². The van der Waals surface area contributed by atoms with Gasteiger partial charge in [0, 0.05) is 5.56 Å². The van der Waals surface area contributed by atoms with Crippen molar-refractivity contribution < 1.29 is 23.9 Å². The largest absolute Gasteiger partial charge is 0.494 e. The number of nitrogens with one attached hydrogen (secondary N) is 1. The third-order valence-electron chi connectivity index (χ3n) is 4.25. The van der Waals surface area contributed by atoms with E-state index in [1.165, 1.54) is 6.07 Å². The molecule has 0 saturated heterocycles. The number of aromatic nitrogens is 1.